The Labute approximate surface area is 274 Å². The van der Waals surface area contributed by atoms with Gasteiger partial charge in [-0.25, -0.2) is 23.5 Å². The molecule has 2 heterocycles. The molecule has 0 saturated heterocycles. The van der Waals surface area contributed by atoms with Gasteiger partial charge in [-0.3, -0.25) is 9.58 Å². The Morgan fingerprint density at radius 1 is 1.11 bits per heavy atom. The first-order valence-electron chi connectivity index (χ1n) is 14.7. The number of halogens is 2. The van der Waals surface area contributed by atoms with Crippen LogP contribution in [-0.2, 0) is 22.6 Å². The molecular weight excluding hydrogens is 626 g/mol. The van der Waals surface area contributed by atoms with Crippen LogP contribution in [0.4, 0.5) is 8.78 Å². The predicted molar refractivity (Wildman–Crippen MR) is 170 cm³/mol. The lowest BCUT2D eigenvalue weighted by molar-refractivity contribution is -0.0374. The van der Waals surface area contributed by atoms with Crippen molar-refractivity contribution in [2.24, 2.45) is 0 Å². The minimum atomic E-state index is -0.721. The zero-order chi connectivity index (χ0) is 33.2. The van der Waals surface area contributed by atoms with E-state index in [1.165, 1.54) is 36.1 Å². The number of aromatic nitrogens is 4. The third-order valence-electron chi connectivity index (χ3n) is 7.54. The Bertz CT molecular complexity index is 1790. The van der Waals surface area contributed by atoms with E-state index < -0.39 is 29.4 Å². The van der Waals surface area contributed by atoms with Gasteiger partial charge < -0.3 is 14.6 Å². The zero-order valence-corrected chi connectivity index (χ0v) is 26.3. The molecule has 0 amide bonds. The smallest absolute Gasteiger partial charge is 0.340 e. The average molecular weight is 659 g/mol. The van der Waals surface area contributed by atoms with Crippen LogP contribution in [0.25, 0.3) is 11.3 Å². The van der Waals surface area contributed by atoms with Gasteiger partial charge in [0.1, 0.15) is 24.3 Å². The molecule has 5 aromatic rings. The SMILES string of the molecule is CN(CCO)Cc1ccc(C(=O)OCOC[C@H](c2nc(-c3ccc(C#N)cc3)cs2)[C@@H](Cn2cncn2)c2ccc(F)cc2F)cc1. The van der Waals surface area contributed by atoms with Crippen molar-refractivity contribution in [3.8, 4) is 17.3 Å². The minimum absolute atomic E-state index is 0.0140. The Hall–Kier alpha value is -4.87. The highest BCUT2D eigenvalue weighted by Gasteiger charge is 2.31. The number of ether oxygens (including phenoxy) is 2. The molecule has 5 rings (SSSR count). The number of carbonyl (C=O) groups is 1. The maximum absolute atomic E-state index is 15.3. The predicted octanol–water partition coefficient (Wildman–Crippen LogP) is 5.37. The molecule has 0 radical (unpaired) electrons. The Balaban J connectivity index is 1.35. The molecule has 10 nitrogen and oxygen atoms in total. The lowest BCUT2D eigenvalue weighted by atomic mass is 9.86. The number of aliphatic hydroxyl groups excluding tert-OH is 1. The second-order valence-corrected chi connectivity index (χ2v) is 11.7. The number of hydrogen-bond acceptors (Lipinski definition) is 10. The topological polar surface area (TPSA) is 126 Å². The summed E-state index contributed by atoms with van der Waals surface area (Å²) in [4.78, 5) is 23.6. The average Bonchev–Trinajstić information content (AvgIpc) is 3.78. The number of aliphatic hydroxyl groups is 1. The van der Waals surface area contributed by atoms with E-state index in [9.17, 15) is 9.18 Å². The van der Waals surface area contributed by atoms with E-state index in [-0.39, 0.29) is 32.1 Å². The molecule has 3 aromatic carbocycles. The first-order valence-corrected chi connectivity index (χ1v) is 15.6. The second-order valence-electron chi connectivity index (χ2n) is 10.8. The second kappa shape index (κ2) is 16.1. The fraction of sp³-hybridized carbons (Fsp3) is 0.265. The Morgan fingerprint density at radius 2 is 1.89 bits per heavy atom. The van der Waals surface area contributed by atoms with E-state index in [0.717, 1.165) is 17.2 Å². The maximum atomic E-state index is 15.3. The van der Waals surface area contributed by atoms with Crippen molar-refractivity contribution in [2.75, 3.05) is 33.6 Å². The number of thiazole rings is 1. The van der Waals surface area contributed by atoms with Crippen molar-refractivity contribution < 1.29 is 28.2 Å². The van der Waals surface area contributed by atoms with Crippen LogP contribution in [-0.4, -0.2) is 69.3 Å². The molecule has 0 aliphatic rings. The number of nitrogens with zero attached hydrogens (tertiary/aromatic N) is 6. The molecule has 0 unspecified atom stereocenters. The molecule has 242 valence electrons. The molecule has 0 aliphatic heterocycles. The monoisotopic (exact) mass is 658 g/mol. The summed E-state index contributed by atoms with van der Waals surface area (Å²) >= 11 is 1.35. The van der Waals surface area contributed by atoms with Crippen LogP contribution < -0.4 is 0 Å². The summed E-state index contributed by atoms with van der Waals surface area (Å²) in [7, 11) is 1.89. The fourth-order valence-electron chi connectivity index (χ4n) is 5.10. The number of nitriles is 1. The number of carbonyl (C=O) groups excluding carboxylic acids is 1. The maximum Gasteiger partial charge on any atom is 0.340 e. The first kappa shape index (κ1) is 33.5. The summed E-state index contributed by atoms with van der Waals surface area (Å²) in [6, 6.07) is 19.5. The third kappa shape index (κ3) is 8.90. The van der Waals surface area contributed by atoms with E-state index >= 15 is 4.39 Å². The van der Waals surface area contributed by atoms with Crippen molar-refractivity contribution in [2.45, 2.75) is 24.9 Å². The number of esters is 1. The van der Waals surface area contributed by atoms with Gasteiger partial charge in [0.05, 0.1) is 47.7 Å². The van der Waals surface area contributed by atoms with Crippen molar-refractivity contribution >= 4 is 17.3 Å². The van der Waals surface area contributed by atoms with Gasteiger partial charge in [-0.2, -0.15) is 10.4 Å². The van der Waals surface area contributed by atoms with Crippen LogP contribution in [0, 0.1) is 23.0 Å². The van der Waals surface area contributed by atoms with E-state index in [1.54, 1.807) is 41.1 Å². The van der Waals surface area contributed by atoms with Gasteiger partial charge in [0, 0.05) is 41.9 Å². The summed E-state index contributed by atoms with van der Waals surface area (Å²) in [5, 5.41) is 24.9. The van der Waals surface area contributed by atoms with Crippen molar-refractivity contribution in [3.63, 3.8) is 0 Å². The highest BCUT2D eigenvalue weighted by atomic mass is 32.1. The highest BCUT2D eigenvalue weighted by molar-refractivity contribution is 7.10. The van der Waals surface area contributed by atoms with Crippen LogP contribution in [0.1, 0.15) is 43.9 Å². The van der Waals surface area contributed by atoms with Gasteiger partial charge in [-0.1, -0.05) is 30.3 Å². The van der Waals surface area contributed by atoms with Crippen LogP contribution in [0.3, 0.4) is 0 Å². The Kier molecular flexibility index (Phi) is 11.5. The van der Waals surface area contributed by atoms with Gasteiger partial charge in [0.25, 0.3) is 0 Å². The van der Waals surface area contributed by atoms with Crippen LogP contribution in [0.5, 0.6) is 0 Å². The summed E-state index contributed by atoms with van der Waals surface area (Å²) in [6.07, 6.45) is 2.88. The van der Waals surface area contributed by atoms with Crippen LogP contribution in [0.2, 0.25) is 0 Å². The molecule has 13 heteroatoms. The molecule has 47 heavy (non-hydrogen) atoms. The lowest BCUT2D eigenvalue weighted by Crippen LogP contribution is -2.24. The summed E-state index contributed by atoms with van der Waals surface area (Å²) in [6.45, 7) is 1.01. The number of likely N-dealkylation sites (N-methyl/N-ethyl adjacent to an activating group) is 1. The van der Waals surface area contributed by atoms with Crippen molar-refractivity contribution in [1.82, 2.24) is 24.6 Å². The number of benzene rings is 3. The molecule has 2 atom stereocenters. The molecule has 0 saturated carbocycles. The summed E-state index contributed by atoms with van der Waals surface area (Å²) in [5.41, 5.74) is 3.55. The molecule has 0 fully saturated rings. The van der Waals surface area contributed by atoms with Crippen LogP contribution in [0.15, 0.2) is 84.8 Å². The van der Waals surface area contributed by atoms with Gasteiger partial charge in [-0.05, 0) is 48.5 Å². The Morgan fingerprint density at radius 3 is 2.57 bits per heavy atom. The molecular formula is C34H32F2N6O4S. The standard InChI is InChI=1S/C34H32F2N6O4S/c1-41(12-13-43)16-24-4-8-26(9-5-24)34(44)46-22-45-18-30(33-40-32(19-47-33)25-6-2-23(15-37)3-7-25)29(17-42-21-38-20-39-42)28-11-10-27(35)14-31(28)36/h2-11,14,19-21,29-30,43H,12-13,16-18,22H2,1H3/t29-,30-/m0/s1. The largest absolute Gasteiger partial charge is 0.435 e. The van der Waals surface area contributed by atoms with Gasteiger partial charge in [0.15, 0.2) is 6.79 Å². The molecule has 0 aliphatic carbocycles. The van der Waals surface area contributed by atoms with Gasteiger partial charge >= 0.3 is 5.97 Å². The first-order chi connectivity index (χ1) is 22.8. The van der Waals surface area contributed by atoms with Gasteiger partial charge in [-0.15, -0.1) is 11.3 Å². The zero-order valence-electron chi connectivity index (χ0n) is 25.5. The molecule has 0 bridgehead atoms. The van der Waals surface area contributed by atoms with Crippen molar-refractivity contribution in [3.05, 3.63) is 124 Å². The van der Waals surface area contributed by atoms with Crippen LogP contribution >= 0.6 is 11.3 Å². The fourth-order valence-corrected chi connectivity index (χ4v) is 6.08. The van der Waals surface area contributed by atoms with E-state index in [1.807, 2.05) is 29.5 Å². The molecule has 0 spiro atoms. The lowest BCUT2D eigenvalue weighted by Gasteiger charge is -2.26. The van der Waals surface area contributed by atoms with E-state index in [0.29, 0.717) is 34.9 Å². The molecule has 1 N–H and O–H groups in total. The highest BCUT2D eigenvalue weighted by Crippen LogP contribution is 2.39. The van der Waals surface area contributed by atoms with Crippen molar-refractivity contribution in [1.29, 1.82) is 5.26 Å². The van der Waals surface area contributed by atoms with E-state index in [4.69, 9.17) is 24.8 Å². The molecule has 2 aromatic heterocycles. The normalized spacial score (nSPS) is 12.5. The van der Waals surface area contributed by atoms with E-state index in [2.05, 4.69) is 16.2 Å². The number of rotatable bonds is 15. The summed E-state index contributed by atoms with van der Waals surface area (Å²) in [5.74, 6) is -3.18. The summed E-state index contributed by atoms with van der Waals surface area (Å²) < 4.78 is 42.1. The quantitative estimate of drug-likeness (QED) is 0.0897. The number of hydrogen-bond donors (Lipinski definition) is 1. The minimum Gasteiger partial charge on any atom is -0.435 e. The van der Waals surface area contributed by atoms with Gasteiger partial charge in [0.2, 0.25) is 0 Å². The third-order valence-corrected chi connectivity index (χ3v) is 8.52.